The van der Waals surface area contributed by atoms with Gasteiger partial charge in [0, 0.05) is 30.8 Å². The van der Waals surface area contributed by atoms with Crippen molar-refractivity contribution in [2.45, 2.75) is 25.3 Å². The standard InChI is InChI=1S/C17H21N3O4/c1-23-14-9-12(10-15(11-14)24-2)17(22)19-13-4-7-20(8-5-13)16(21)3-6-18/h9-11,13H,3-5,7-8H2,1-2H3,(H,19,22). The second-order valence-electron chi connectivity index (χ2n) is 5.56. The number of hydrogen-bond acceptors (Lipinski definition) is 5. The summed E-state index contributed by atoms with van der Waals surface area (Å²) >= 11 is 0. The molecule has 128 valence electrons. The van der Waals surface area contributed by atoms with Crippen LogP contribution in [0.1, 0.15) is 29.6 Å². The molecule has 1 aromatic carbocycles. The first-order valence-corrected chi connectivity index (χ1v) is 7.76. The van der Waals surface area contributed by atoms with Gasteiger partial charge in [-0.3, -0.25) is 9.59 Å². The largest absolute Gasteiger partial charge is 0.497 e. The van der Waals surface area contributed by atoms with Crippen LogP contribution in [-0.4, -0.2) is 50.1 Å². The highest BCUT2D eigenvalue weighted by Crippen LogP contribution is 2.23. The Balaban J connectivity index is 1.94. The summed E-state index contributed by atoms with van der Waals surface area (Å²) in [6.07, 6.45) is 1.24. The van der Waals surface area contributed by atoms with Crippen LogP contribution in [0.5, 0.6) is 11.5 Å². The van der Waals surface area contributed by atoms with E-state index in [9.17, 15) is 9.59 Å². The Morgan fingerprint density at radius 3 is 2.29 bits per heavy atom. The highest BCUT2D eigenvalue weighted by atomic mass is 16.5. The Labute approximate surface area is 141 Å². The van der Waals surface area contributed by atoms with E-state index in [1.54, 1.807) is 23.1 Å². The van der Waals surface area contributed by atoms with Crippen molar-refractivity contribution < 1.29 is 19.1 Å². The quantitative estimate of drug-likeness (QED) is 0.879. The number of nitrogens with one attached hydrogen (secondary N) is 1. The number of nitriles is 1. The fourth-order valence-corrected chi connectivity index (χ4v) is 2.66. The minimum Gasteiger partial charge on any atom is -0.497 e. The van der Waals surface area contributed by atoms with Crippen LogP contribution in [0.25, 0.3) is 0 Å². The molecule has 0 unspecified atom stereocenters. The van der Waals surface area contributed by atoms with Gasteiger partial charge in [-0.2, -0.15) is 5.26 Å². The molecule has 1 N–H and O–H groups in total. The first-order chi connectivity index (χ1) is 11.6. The lowest BCUT2D eigenvalue weighted by Crippen LogP contribution is -2.46. The third kappa shape index (κ3) is 4.38. The van der Waals surface area contributed by atoms with Crippen LogP contribution in [-0.2, 0) is 4.79 Å². The van der Waals surface area contributed by atoms with E-state index < -0.39 is 0 Å². The molecule has 0 spiro atoms. The van der Waals surface area contributed by atoms with E-state index in [2.05, 4.69) is 5.32 Å². The highest BCUT2D eigenvalue weighted by molar-refractivity contribution is 5.95. The third-order valence-corrected chi connectivity index (χ3v) is 4.03. The topological polar surface area (TPSA) is 91.7 Å². The molecule has 2 amide bonds. The number of benzene rings is 1. The molecule has 1 heterocycles. The minimum absolute atomic E-state index is 0.000770. The fraction of sp³-hybridized carbons (Fsp3) is 0.471. The van der Waals surface area contributed by atoms with Gasteiger partial charge in [0.1, 0.15) is 17.9 Å². The maximum absolute atomic E-state index is 12.4. The summed E-state index contributed by atoms with van der Waals surface area (Å²) in [4.78, 5) is 25.8. The summed E-state index contributed by atoms with van der Waals surface area (Å²) in [5.74, 6) is 0.752. The Kier molecular flexibility index (Phi) is 6.01. The zero-order chi connectivity index (χ0) is 17.5. The molecule has 0 radical (unpaired) electrons. The normalized spacial score (nSPS) is 14.6. The molecule has 0 aromatic heterocycles. The van der Waals surface area contributed by atoms with Crippen LogP contribution < -0.4 is 14.8 Å². The van der Waals surface area contributed by atoms with Gasteiger partial charge in [0.25, 0.3) is 5.91 Å². The number of ether oxygens (including phenoxy) is 2. The van der Waals surface area contributed by atoms with E-state index >= 15 is 0 Å². The zero-order valence-corrected chi connectivity index (χ0v) is 13.9. The monoisotopic (exact) mass is 331 g/mol. The number of piperidine rings is 1. The Morgan fingerprint density at radius 1 is 1.21 bits per heavy atom. The van der Waals surface area contributed by atoms with Crippen molar-refractivity contribution in [3.63, 3.8) is 0 Å². The van der Waals surface area contributed by atoms with Gasteiger partial charge in [0.2, 0.25) is 5.91 Å². The maximum atomic E-state index is 12.4. The molecule has 7 nitrogen and oxygen atoms in total. The molecule has 1 aliphatic heterocycles. The number of nitrogens with zero attached hydrogens (tertiary/aromatic N) is 2. The molecule has 2 rings (SSSR count). The lowest BCUT2D eigenvalue weighted by molar-refractivity contribution is -0.131. The van der Waals surface area contributed by atoms with Crippen LogP contribution >= 0.6 is 0 Å². The number of hydrogen-bond donors (Lipinski definition) is 1. The predicted octanol–water partition coefficient (Wildman–Crippen LogP) is 1.34. The summed E-state index contributed by atoms with van der Waals surface area (Å²) < 4.78 is 10.3. The van der Waals surface area contributed by atoms with E-state index in [-0.39, 0.29) is 24.3 Å². The number of rotatable bonds is 5. The van der Waals surface area contributed by atoms with Crippen molar-refractivity contribution in [3.05, 3.63) is 23.8 Å². The van der Waals surface area contributed by atoms with Gasteiger partial charge in [-0.05, 0) is 25.0 Å². The first kappa shape index (κ1) is 17.6. The lowest BCUT2D eigenvalue weighted by atomic mass is 10.0. The van der Waals surface area contributed by atoms with Crippen molar-refractivity contribution in [2.75, 3.05) is 27.3 Å². The summed E-state index contributed by atoms with van der Waals surface area (Å²) in [5, 5.41) is 11.6. The second kappa shape index (κ2) is 8.20. The molecular weight excluding hydrogens is 310 g/mol. The Morgan fingerprint density at radius 2 is 1.79 bits per heavy atom. The third-order valence-electron chi connectivity index (χ3n) is 4.03. The molecule has 7 heteroatoms. The van der Waals surface area contributed by atoms with Gasteiger partial charge in [0.15, 0.2) is 0 Å². The number of carbonyl (C=O) groups is 2. The molecular formula is C17H21N3O4. The Bertz CT molecular complexity index is 623. The van der Waals surface area contributed by atoms with E-state index in [4.69, 9.17) is 14.7 Å². The molecule has 0 saturated carbocycles. The summed E-state index contributed by atoms with van der Waals surface area (Å²) in [6, 6.07) is 6.88. The van der Waals surface area contributed by atoms with Crippen molar-refractivity contribution in [1.29, 1.82) is 5.26 Å². The first-order valence-electron chi connectivity index (χ1n) is 7.76. The van der Waals surface area contributed by atoms with Gasteiger partial charge in [0.05, 0.1) is 20.3 Å². The van der Waals surface area contributed by atoms with Gasteiger partial charge in [-0.1, -0.05) is 0 Å². The van der Waals surface area contributed by atoms with Crippen molar-refractivity contribution >= 4 is 11.8 Å². The summed E-state index contributed by atoms with van der Waals surface area (Å²) in [7, 11) is 3.06. The number of likely N-dealkylation sites (tertiary alicyclic amines) is 1. The van der Waals surface area contributed by atoms with E-state index in [1.807, 2.05) is 6.07 Å². The molecule has 1 aromatic rings. The molecule has 0 bridgehead atoms. The van der Waals surface area contributed by atoms with Gasteiger partial charge >= 0.3 is 0 Å². The van der Waals surface area contributed by atoms with Gasteiger partial charge < -0.3 is 19.7 Å². The zero-order valence-electron chi connectivity index (χ0n) is 13.9. The number of methoxy groups -OCH3 is 2. The number of amides is 2. The molecule has 0 aliphatic carbocycles. The molecule has 1 saturated heterocycles. The van der Waals surface area contributed by atoms with E-state index in [1.165, 1.54) is 14.2 Å². The van der Waals surface area contributed by atoms with Crippen LogP contribution in [0.4, 0.5) is 0 Å². The van der Waals surface area contributed by atoms with E-state index in [0.717, 1.165) is 0 Å². The van der Waals surface area contributed by atoms with Crippen LogP contribution in [0, 0.1) is 11.3 Å². The fourth-order valence-electron chi connectivity index (χ4n) is 2.66. The van der Waals surface area contributed by atoms with Gasteiger partial charge in [-0.15, -0.1) is 0 Å². The summed E-state index contributed by atoms with van der Waals surface area (Å²) in [5.41, 5.74) is 0.467. The molecule has 24 heavy (non-hydrogen) atoms. The highest BCUT2D eigenvalue weighted by Gasteiger charge is 2.24. The molecule has 1 aliphatic rings. The van der Waals surface area contributed by atoms with Crippen LogP contribution in [0.3, 0.4) is 0 Å². The van der Waals surface area contributed by atoms with Gasteiger partial charge in [-0.25, -0.2) is 0 Å². The van der Waals surface area contributed by atoms with Crippen molar-refractivity contribution in [2.24, 2.45) is 0 Å². The second-order valence-corrected chi connectivity index (χ2v) is 5.56. The van der Waals surface area contributed by atoms with Crippen LogP contribution in [0.15, 0.2) is 18.2 Å². The maximum Gasteiger partial charge on any atom is 0.251 e. The Hall–Kier alpha value is -2.75. The average Bonchev–Trinajstić information content (AvgIpc) is 2.61. The van der Waals surface area contributed by atoms with E-state index in [0.29, 0.717) is 43.0 Å². The average molecular weight is 331 g/mol. The molecule has 0 atom stereocenters. The lowest BCUT2D eigenvalue weighted by Gasteiger charge is -2.32. The van der Waals surface area contributed by atoms with Crippen LogP contribution in [0.2, 0.25) is 0 Å². The predicted molar refractivity (Wildman–Crippen MR) is 86.8 cm³/mol. The molecule has 1 fully saturated rings. The van der Waals surface area contributed by atoms with Crippen molar-refractivity contribution in [3.8, 4) is 17.6 Å². The SMILES string of the molecule is COc1cc(OC)cc(C(=O)NC2CCN(C(=O)CC#N)CC2)c1. The summed E-state index contributed by atoms with van der Waals surface area (Å²) in [6.45, 7) is 1.10. The minimum atomic E-state index is -0.200. The smallest absolute Gasteiger partial charge is 0.251 e. The van der Waals surface area contributed by atoms with Crippen molar-refractivity contribution in [1.82, 2.24) is 10.2 Å². The number of carbonyl (C=O) groups excluding carboxylic acids is 2.